The molecule has 1 aromatic rings. The van der Waals surface area contributed by atoms with Gasteiger partial charge in [0.2, 0.25) is 0 Å². The third kappa shape index (κ3) is 2.15. The predicted octanol–water partition coefficient (Wildman–Crippen LogP) is 2.20. The molecule has 0 aromatic heterocycles. The molecular formula is C11H12BrNO2. The first kappa shape index (κ1) is 10.5. The number of carbonyl (C=O) groups excluding carboxylic acids is 1. The van der Waals surface area contributed by atoms with E-state index >= 15 is 0 Å². The molecule has 0 N–H and O–H groups in total. The fourth-order valence-electron chi connectivity index (χ4n) is 1.62. The highest BCUT2D eigenvalue weighted by Gasteiger charge is 2.24. The van der Waals surface area contributed by atoms with Crippen LogP contribution in [0.15, 0.2) is 24.3 Å². The van der Waals surface area contributed by atoms with E-state index in [2.05, 4.69) is 15.9 Å². The number of amides is 1. The van der Waals surface area contributed by atoms with E-state index in [1.807, 2.05) is 24.3 Å². The van der Waals surface area contributed by atoms with Gasteiger partial charge in [-0.2, -0.15) is 0 Å². The second-order valence-electron chi connectivity index (χ2n) is 3.34. The lowest BCUT2D eigenvalue weighted by molar-refractivity contribution is -0.121. The Morgan fingerprint density at radius 2 is 2.20 bits per heavy atom. The molecule has 0 atom stereocenters. The van der Waals surface area contributed by atoms with E-state index in [-0.39, 0.29) is 12.5 Å². The Morgan fingerprint density at radius 1 is 1.40 bits per heavy atom. The largest absolute Gasteiger partial charge is 0.482 e. The highest BCUT2D eigenvalue weighted by Crippen LogP contribution is 2.31. The highest BCUT2D eigenvalue weighted by molar-refractivity contribution is 9.09. The Hall–Kier alpha value is -1.03. The molecule has 1 aliphatic heterocycles. The molecule has 0 bridgehead atoms. The van der Waals surface area contributed by atoms with Crippen LogP contribution in [0.5, 0.6) is 5.75 Å². The number of nitrogens with zero attached hydrogens (tertiary/aromatic N) is 1. The smallest absolute Gasteiger partial charge is 0.265 e. The van der Waals surface area contributed by atoms with E-state index in [1.54, 1.807) is 4.90 Å². The van der Waals surface area contributed by atoms with Gasteiger partial charge < -0.3 is 9.64 Å². The summed E-state index contributed by atoms with van der Waals surface area (Å²) in [7, 11) is 0. The van der Waals surface area contributed by atoms with Crippen molar-refractivity contribution in [2.75, 3.05) is 23.4 Å². The van der Waals surface area contributed by atoms with Gasteiger partial charge in [-0.3, -0.25) is 4.79 Å². The van der Waals surface area contributed by atoms with Gasteiger partial charge in [0.15, 0.2) is 6.61 Å². The zero-order chi connectivity index (χ0) is 10.7. The number of hydrogen-bond acceptors (Lipinski definition) is 2. The van der Waals surface area contributed by atoms with Gasteiger partial charge in [-0.15, -0.1) is 0 Å². The molecule has 3 nitrogen and oxygen atoms in total. The second-order valence-corrected chi connectivity index (χ2v) is 4.14. The highest BCUT2D eigenvalue weighted by atomic mass is 79.9. The van der Waals surface area contributed by atoms with Crippen molar-refractivity contribution >= 4 is 27.5 Å². The van der Waals surface area contributed by atoms with Crippen molar-refractivity contribution in [3.05, 3.63) is 24.3 Å². The lowest BCUT2D eigenvalue weighted by atomic mass is 10.2. The van der Waals surface area contributed by atoms with Crippen LogP contribution in [0.2, 0.25) is 0 Å². The molecule has 1 aromatic carbocycles. The molecule has 0 saturated carbocycles. The average Bonchev–Trinajstić information content (AvgIpc) is 2.28. The normalized spacial score (nSPS) is 14.7. The molecule has 1 aliphatic rings. The van der Waals surface area contributed by atoms with Gasteiger partial charge in [-0.05, 0) is 18.6 Å². The van der Waals surface area contributed by atoms with E-state index in [1.165, 1.54) is 0 Å². The van der Waals surface area contributed by atoms with Crippen molar-refractivity contribution in [1.82, 2.24) is 0 Å². The number of benzene rings is 1. The average molecular weight is 270 g/mol. The summed E-state index contributed by atoms with van der Waals surface area (Å²) in [5, 5.41) is 0.903. The van der Waals surface area contributed by atoms with Gasteiger partial charge in [-0.25, -0.2) is 0 Å². The molecule has 2 rings (SSSR count). The van der Waals surface area contributed by atoms with Crippen molar-refractivity contribution in [2.45, 2.75) is 6.42 Å². The number of fused-ring (bicyclic) bond motifs is 1. The van der Waals surface area contributed by atoms with Crippen LogP contribution in [0.1, 0.15) is 6.42 Å². The maximum atomic E-state index is 11.6. The number of ether oxygens (including phenoxy) is 1. The number of halogens is 1. The van der Waals surface area contributed by atoms with Gasteiger partial charge >= 0.3 is 0 Å². The zero-order valence-electron chi connectivity index (χ0n) is 8.28. The summed E-state index contributed by atoms with van der Waals surface area (Å²) in [6.07, 6.45) is 0.945. The Labute approximate surface area is 97.2 Å². The SMILES string of the molecule is O=C1COc2ccccc2N1CCCBr. The third-order valence-electron chi connectivity index (χ3n) is 2.32. The van der Waals surface area contributed by atoms with Crippen LogP contribution in [0.4, 0.5) is 5.69 Å². The molecule has 0 radical (unpaired) electrons. The lowest BCUT2D eigenvalue weighted by Gasteiger charge is -2.29. The minimum absolute atomic E-state index is 0.0367. The first-order chi connectivity index (χ1) is 7.33. The van der Waals surface area contributed by atoms with Gasteiger partial charge in [0.1, 0.15) is 5.75 Å². The Kier molecular flexibility index (Phi) is 3.26. The molecule has 0 unspecified atom stereocenters. The molecule has 1 heterocycles. The van der Waals surface area contributed by atoms with E-state index in [0.717, 1.165) is 29.7 Å². The van der Waals surface area contributed by atoms with Crippen LogP contribution in [-0.2, 0) is 4.79 Å². The molecule has 0 saturated heterocycles. The first-order valence-corrected chi connectivity index (χ1v) is 6.03. The van der Waals surface area contributed by atoms with Crippen LogP contribution < -0.4 is 9.64 Å². The van der Waals surface area contributed by atoms with Crippen LogP contribution in [0.25, 0.3) is 0 Å². The van der Waals surface area contributed by atoms with Crippen LogP contribution >= 0.6 is 15.9 Å². The van der Waals surface area contributed by atoms with Crippen molar-refractivity contribution in [3.63, 3.8) is 0 Å². The number of hydrogen-bond donors (Lipinski definition) is 0. The van der Waals surface area contributed by atoms with Crippen molar-refractivity contribution in [1.29, 1.82) is 0 Å². The molecule has 0 aliphatic carbocycles. The maximum absolute atomic E-state index is 11.6. The fourth-order valence-corrected chi connectivity index (χ4v) is 1.87. The number of alkyl halides is 1. The standard InChI is InChI=1S/C11H12BrNO2/c12-6-3-7-13-9-4-1-2-5-10(9)15-8-11(13)14/h1-2,4-5H,3,6-8H2. The molecule has 80 valence electrons. The van der Waals surface area contributed by atoms with Gasteiger partial charge in [-0.1, -0.05) is 28.1 Å². The second kappa shape index (κ2) is 4.66. The van der Waals surface area contributed by atoms with Gasteiger partial charge in [0.05, 0.1) is 5.69 Å². The minimum Gasteiger partial charge on any atom is -0.482 e. The summed E-state index contributed by atoms with van der Waals surface area (Å²) >= 11 is 3.37. The Balaban J connectivity index is 2.25. The number of para-hydroxylation sites is 2. The molecule has 0 fully saturated rings. The molecule has 4 heteroatoms. The van der Waals surface area contributed by atoms with Crippen molar-refractivity contribution in [2.24, 2.45) is 0 Å². The van der Waals surface area contributed by atoms with Crippen LogP contribution in [0.3, 0.4) is 0 Å². The third-order valence-corrected chi connectivity index (χ3v) is 2.88. The van der Waals surface area contributed by atoms with Crippen LogP contribution in [0, 0.1) is 0 Å². The quantitative estimate of drug-likeness (QED) is 0.788. The fraction of sp³-hybridized carbons (Fsp3) is 0.364. The van der Waals surface area contributed by atoms with Gasteiger partial charge in [0.25, 0.3) is 5.91 Å². The molecule has 0 spiro atoms. The van der Waals surface area contributed by atoms with E-state index < -0.39 is 0 Å². The number of rotatable bonds is 3. The summed E-state index contributed by atoms with van der Waals surface area (Å²) in [5.41, 5.74) is 0.884. The summed E-state index contributed by atoms with van der Waals surface area (Å²) < 4.78 is 5.34. The molecule has 15 heavy (non-hydrogen) atoms. The van der Waals surface area contributed by atoms with Crippen molar-refractivity contribution in [3.8, 4) is 5.75 Å². The summed E-state index contributed by atoms with van der Waals surface area (Å²) in [4.78, 5) is 13.4. The maximum Gasteiger partial charge on any atom is 0.265 e. The Bertz CT molecular complexity index is 367. The summed E-state index contributed by atoms with van der Waals surface area (Å²) in [5.74, 6) is 0.835. The predicted molar refractivity (Wildman–Crippen MR) is 62.7 cm³/mol. The van der Waals surface area contributed by atoms with E-state index in [4.69, 9.17) is 4.74 Å². The first-order valence-electron chi connectivity index (χ1n) is 4.91. The van der Waals surface area contributed by atoms with E-state index in [0.29, 0.717) is 0 Å². The number of anilines is 1. The number of carbonyl (C=O) groups is 1. The molecular weight excluding hydrogens is 258 g/mol. The summed E-state index contributed by atoms with van der Waals surface area (Å²) in [6, 6.07) is 7.64. The monoisotopic (exact) mass is 269 g/mol. The molecule has 1 amide bonds. The minimum atomic E-state index is 0.0367. The summed E-state index contributed by atoms with van der Waals surface area (Å²) in [6.45, 7) is 0.893. The van der Waals surface area contributed by atoms with Gasteiger partial charge in [0, 0.05) is 11.9 Å². The Morgan fingerprint density at radius 3 is 3.00 bits per heavy atom. The zero-order valence-corrected chi connectivity index (χ0v) is 9.87. The van der Waals surface area contributed by atoms with E-state index in [9.17, 15) is 4.79 Å². The van der Waals surface area contributed by atoms with Crippen molar-refractivity contribution < 1.29 is 9.53 Å². The van der Waals surface area contributed by atoms with Crippen LogP contribution in [-0.4, -0.2) is 24.4 Å². The topological polar surface area (TPSA) is 29.5 Å². The lowest BCUT2D eigenvalue weighted by Crippen LogP contribution is -2.39.